The van der Waals surface area contributed by atoms with Gasteiger partial charge in [-0.1, -0.05) is 13.3 Å². The fraction of sp³-hybridized carbons (Fsp3) is 0.667. The highest BCUT2D eigenvalue weighted by molar-refractivity contribution is 5.23. The summed E-state index contributed by atoms with van der Waals surface area (Å²) in [5.74, 6) is 2.32. The second kappa shape index (κ2) is 2.81. The predicted molar refractivity (Wildman–Crippen MR) is 48.5 cm³/mol. The third-order valence-electron chi connectivity index (χ3n) is 2.88. The van der Waals surface area contributed by atoms with E-state index in [-0.39, 0.29) is 0 Å². The van der Waals surface area contributed by atoms with Crippen molar-refractivity contribution in [1.29, 1.82) is 0 Å². The van der Waals surface area contributed by atoms with Crippen molar-refractivity contribution >= 4 is 5.82 Å². The first-order valence-corrected chi connectivity index (χ1v) is 4.54. The minimum absolute atomic E-state index is 0.627. The molecular formula is C9H15N3. The van der Waals surface area contributed by atoms with E-state index in [1.54, 1.807) is 0 Å². The molecule has 0 aromatic carbocycles. The van der Waals surface area contributed by atoms with Crippen LogP contribution in [0.5, 0.6) is 0 Å². The summed E-state index contributed by atoms with van der Waals surface area (Å²) in [5.41, 5.74) is 5.52. The third-order valence-corrected chi connectivity index (χ3v) is 2.88. The lowest BCUT2D eigenvalue weighted by atomic mass is 9.75. The molecule has 1 aliphatic rings. The van der Waals surface area contributed by atoms with Crippen LogP contribution in [0.1, 0.15) is 19.8 Å². The minimum atomic E-state index is 0.627. The van der Waals surface area contributed by atoms with Gasteiger partial charge < -0.3 is 5.73 Å². The van der Waals surface area contributed by atoms with Gasteiger partial charge in [-0.15, -0.1) is 0 Å². The number of rotatable bonds is 2. The highest BCUT2D eigenvalue weighted by Gasteiger charge is 2.26. The molecule has 2 rings (SSSR count). The molecule has 0 bridgehead atoms. The molecule has 1 heterocycles. The van der Waals surface area contributed by atoms with Gasteiger partial charge >= 0.3 is 0 Å². The lowest BCUT2D eigenvalue weighted by Crippen LogP contribution is -2.27. The molecule has 0 amide bonds. The van der Waals surface area contributed by atoms with Crippen LogP contribution in [0.2, 0.25) is 0 Å². The standard InChI is InChI=1S/C9H15N3/c1-7-2-3-8(7)6-12-5-4-9(10)11-12/h4-5,7-8H,2-3,6H2,1H3,(H2,10,11)/t7-,8+/m1/s1. The summed E-state index contributed by atoms with van der Waals surface area (Å²) >= 11 is 0. The average Bonchev–Trinajstić information content (AvgIpc) is 2.44. The molecule has 0 radical (unpaired) electrons. The Kier molecular flexibility index (Phi) is 1.79. The van der Waals surface area contributed by atoms with Crippen molar-refractivity contribution in [2.75, 3.05) is 5.73 Å². The predicted octanol–water partition coefficient (Wildman–Crippen LogP) is 1.51. The second-order valence-corrected chi connectivity index (χ2v) is 3.78. The maximum absolute atomic E-state index is 5.52. The van der Waals surface area contributed by atoms with Gasteiger partial charge in [0.1, 0.15) is 5.82 Å². The Hall–Kier alpha value is -0.990. The number of nitrogen functional groups attached to an aromatic ring is 1. The second-order valence-electron chi connectivity index (χ2n) is 3.78. The van der Waals surface area contributed by atoms with E-state index in [1.165, 1.54) is 12.8 Å². The lowest BCUT2D eigenvalue weighted by molar-refractivity contribution is 0.165. The average molecular weight is 165 g/mol. The van der Waals surface area contributed by atoms with E-state index in [0.29, 0.717) is 5.82 Å². The largest absolute Gasteiger partial charge is 0.382 e. The van der Waals surface area contributed by atoms with Crippen molar-refractivity contribution in [3.63, 3.8) is 0 Å². The van der Waals surface area contributed by atoms with Gasteiger partial charge in [-0.25, -0.2) is 0 Å². The molecule has 2 atom stereocenters. The topological polar surface area (TPSA) is 43.8 Å². The Morgan fingerprint density at radius 2 is 2.50 bits per heavy atom. The monoisotopic (exact) mass is 165 g/mol. The van der Waals surface area contributed by atoms with Crippen molar-refractivity contribution in [3.05, 3.63) is 12.3 Å². The van der Waals surface area contributed by atoms with Crippen LogP contribution >= 0.6 is 0 Å². The maximum Gasteiger partial charge on any atom is 0.145 e. The summed E-state index contributed by atoms with van der Waals surface area (Å²) in [6.07, 6.45) is 4.68. The van der Waals surface area contributed by atoms with E-state index >= 15 is 0 Å². The third kappa shape index (κ3) is 1.31. The van der Waals surface area contributed by atoms with E-state index in [9.17, 15) is 0 Å². The molecule has 1 aromatic heterocycles. The summed E-state index contributed by atoms with van der Waals surface area (Å²) in [7, 11) is 0. The van der Waals surface area contributed by atoms with E-state index in [1.807, 2.05) is 16.9 Å². The Morgan fingerprint density at radius 1 is 1.67 bits per heavy atom. The molecule has 1 fully saturated rings. The van der Waals surface area contributed by atoms with E-state index in [0.717, 1.165) is 18.4 Å². The van der Waals surface area contributed by atoms with E-state index in [4.69, 9.17) is 5.73 Å². The van der Waals surface area contributed by atoms with Gasteiger partial charge in [0, 0.05) is 12.7 Å². The van der Waals surface area contributed by atoms with Crippen molar-refractivity contribution in [3.8, 4) is 0 Å². The molecule has 1 aliphatic carbocycles. The Balaban J connectivity index is 1.95. The Bertz CT molecular complexity index is 266. The first-order chi connectivity index (χ1) is 5.75. The van der Waals surface area contributed by atoms with Gasteiger partial charge in [-0.2, -0.15) is 5.10 Å². The van der Waals surface area contributed by atoms with Crippen LogP contribution in [0.25, 0.3) is 0 Å². The molecule has 0 unspecified atom stereocenters. The number of aromatic nitrogens is 2. The van der Waals surface area contributed by atoms with Crippen LogP contribution in [0.4, 0.5) is 5.82 Å². The molecule has 0 saturated heterocycles. The van der Waals surface area contributed by atoms with Crippen LogP contribution in [0.15, 0.2) is 12.3 Å². The van der Waals surface area contributed by atoms with E-state index < -0.39 is 0 Å². The molecule has 0 spiro atoms. The molecule has 2 N–H and O–H groups in total. The van der Waals surface area contributed by atoms with Crippen molar-refractivity contribution in [2.24, 2.45) is 11.8 Å². The first-order valence-electron chi connectivity index (χ1n) is 4.54. The number of nitrogens with two attached hydrogens (primary N) is 1. The normalized spacial score (nSPS) is 28.4. The number of anilines is 1. The van der Waals surface area contributed by atoms with Crippen LogP contribution in [-0.4, -0.2) is 9.78 Å². The van der Waals surface area contributed by atoms with Gasteiger partial charge in [0.15, 0.2) is 0 Å². The summed E-state index contributed by atoms with van der Waals surface area (Å²) in [4.78, 5) is 0. The molecule has 3 heteroatoms. The SMILES string of the molecule is C[C@@H]1CC[C@H]1Cn1ccc(N)n1. The number of hydrogen-bond acceptors (Lipinski definition) is 2. The molecule has 12 heavy (non-hydrogen) atoms. The van der Waals surface area contributed by atoms with E-state index in [2.05, 4.69) is 12.0 Å². The van der Waals surface area contributed by atoms with Crippen molar-refractivity contribution in [2.45, 2.75) is 26.3 Å². The van der Waals surface area contributed by atoms with Crippen LogP contribution in [0.3, 0.4) is 0 Å². The Labute approximate surface area is 72.6 Å². The Morgan fingerprint density at radius 3 is 2.92 bits per heavy atom. The quantitative estimate of drug-likeness (QED) is 0.722. The zero-order chi connectivity index (χ0) is 8.55. The summed E-state index contributed by atoms with van der Waals surface area (Å²) in [6, 6.07) is 1.85. The summed E-state index contributed by atoms with van der Waals surface area (Å²) < 4.78 is 1.95. The molecule has 1 aromatic rings. The highest BCUT2D eigenvalue weighted by Crippen LogP contribution is 2.34. The van der Waals surface area contributed by atoms with Crippen LogP contribution in [0, 0.1) is 11.8 Å². The fourth-order valence-electron chi connectivity index (χ4n) is 1.73. The number of hydrogen-bond donors (Lipinski definition) is 1. The molecule has 1 saturated carbocycles. The molecule has 66 valence electrons. The van der Waals surface area contributed by atoms with Crippen LogP contribution in [-0.2, 0) is 6.54 Å². The van der Waals surface area contributed by atoms with Crippen LogP contribution < -0.4 is 5.73 Å². The minimum Gasteiger partial charge on any atom is -0.382 e. The zero-order valence-electron chi connectivity index (χ0n) is 7.40. The first kappa shape index (κ1) is 7.65. The smallest absolute Gasteiger partial charge is 0.145 e. The van der Waals surface area contributed by atoms with Crippen molar-refractivity contribution < 1.29 is 0 Å². The highest BCUT2D eigenvalue weighted by atomic mass is 15.3. The van der Waals surface area contributed by atoms with Gasteiger partial charge in [0.25, 0.3) is 0 Å². The summed E-state index contributed by atoms with van der Waals surface area (Å²) in [5, 5.41) is 4.16. The molecular weight excluding hydrogens is 150 g/mol. The fourth-order valence-corrected chi connectivity index (χ4v) is 1.73. The maximum atomic E-state index is 5.52. The lowest BCUT2D eigenvalue weighted by Gasteiger charge is -2.33. The zero-order valence-corrected chi connectivity index (χ0v) is 7.40. The molecule has 0 aliphatic heterocycles. The van der Waals surface area contributed by atoms with Gasteiger partial charge in [0.2, 0.25) is 0 Å². The molecule has 3 nitrogen and oxygen atoms in total. The van der Waals surface area contributed by atoms with Gasteiger partial charge in [0.05, 0.1) is 0 Å². The van der Waals surface area contributed by atoms with Gasteiger partial charge in [-0.05, 0) is 24.3 Å². The van der Waals surface area contributed by atoms with Crippen molar-refractivity contribution in [1.82, 2.24) is 9.78 Å². The summed E-state index contributed by atoms with van der Waals surface area (Å²) in [6.45, 7) is 3.35. The number of nitrogens with zero attached hydrogens (tertiary/aromatic N) is 2. The van der Waals surface area contributed by atoms with Gasteiger partial charge in [-0.3, -0.25) is 4.68 Å².